The molecular formula is C12H16OSi. The van der Waals surface area contributed by atoms with E-state index in [1.54, 1.807) is 0 Å². The van der Waals surface area contributed by atoms with Crippen molar-refractivity contribution >= 4 is 14.4 Å². The molecule has 0 aliphatic rings. The van der Waals surface area contributed by atoms with E-state index in [1.165, 1.54) is 6.08 Å². The molecular weight excluding hydrogens is 188 g/mol. The standard InChI is InChI=1S/C12H16OSi/c1-14(2,3)12-10-8-6-4-5-7-9-11-13/h7,9,11H,4-5H2,1-3H3/b9-7+. The van der Waals surface area contributed by atoms with E-state index >= 15 is 0 Å². The van der Waals surface area contributed by atoms with Crippen LogP contribution in [0.3, 0.4) is 0 Å². The van der Waals surface area contributed by atoms with E-state index in [1.807, 2.05) is 6.08 Å². The number of aldehydes is 1. The number of hydrogen-bond acceptors (Lipinski definition) is 1. The van der Waals surface area contributed by atoms with Crippen molar-refractivity contribution in [3.05, 3.63) is 12.2 Å². The minimum absolute atomic E-state index is 0.769. The first-order valence-corrected chi connectivity index (χ1v) is 8.16. The Morgan fingerprint density at radius 2 is 1.93 bits per heavy atom. The summed E-state index contributed by atoms with van der Waals surface area (Å²) >= 11 is 0. The molecule has 0 bridgehead atoms. The van der Waals surface area contributed by atoms with Gasteiger partial charge in [-0.25, -0.2) is 0 Å². The van der Waals surface area contributed by atoms with E-state index in [-0.39, 0.29) is 0 Å². The molecule has 0 radical (unpaired) electrons. The topological polar surface area (TPSA) is 17.1 Å². The molecule has 0 heterocycles. The molecule has 0 aromatic heterocycles. The molecule has 1 nitrogen and oxygen atoms in total. The van der Waals surface area contributed by atoms with Crippen molar-refractivity contribution in [3.63, 3.8) is 0 Å². The molecule has 0 spiro atoms. The van der Waals surface area contributed by atoms with Crippen LogP contribution in [0.5, 0.6) is 0 Å². The average molecular weight is 204 g/mol. The zero-order valence-corrected chi connectivity index (χ0v) is 10.1. The Morgan fingerprint density at radius 1 is 1.21 bits per heavy atom. The van der Waals surface area contributed by atoms with Gasteiger partial charge in [-0.05, 0) is 24.3 Å². The van der Waals surface area contributed by atoms with Crippen molar-refractivity contribution in [2.24, 2.45) is 0 Å². The maximum atomic E-state index is 9.91. The minimum atomic E-state index is -1.26. The van der Waals surface area contributed by atoms with E-state index in [0.717, 1.165) is 19.1 Å². The van der Waals surface area contributed by atoms with Crippen LogP contribution in [-0.2, 0) is 4.79 Å². The molecule has 0 aliphatic heterocycles. The second-order valence-corrected chi connectivity index (χ2v) is 8.65. The summed E-state index contributed by atoms with van der Waals surface area (Å²) in [6, 6.07) is 0. The van der Waals surface area contributed by atoms with Gasteiger partial charge in [0.05, 0.1) is 0 Å². The average Bonchev–Trinajstić information content (AvgIpc) is 2.08. The number of carbonyl (C=O) groups excluding carboxylic acids is 1. The first-order valence-electron chi connectivity index (χ1n) is 4.66. The van der Waals surface area contributed by atoms with E-state index in [9.17, 15) is 4.79 Å². The van der Waals surface area contributed by atoms with Crippen LogP contribution in [-0.4, -0.2) is 14.4 Å². The Morgan fingerprint density at radius 3 is 2.50 bits per heavy atom. The summed E-state index contributed by atoms with van der Waals surface area (Å²) in [7, 11) is -1.26. The summed E-state index contributed by atoms with van der Waals surface area (Å²) in [6.45, 7) is 6.57. The zero-order valence-electron chi connectivity index (χ0n) is 9.05. The summed E-state index contributed by atoms with van der Waals surface area (Å²) in [6.07, 6.45) is 5.67. The molecule has 74 valence electrons. The predicted octanol–water partition coefficient (Wildman–Crippen LogP) is 2.41. The number of hydrogen-bond donors (Lipinski definition) is 0. The Kier molecular flexibility index (Phi) is 6.54. The molecule has 0 atom stereocenters. The number of rotatable bonds is 3. The maximum absolute atomic E-state index is 9.91. The van der Waals surface area contributed by atoms with E-state index in [2.05, 4.69) is 42.9 Å². The molecule has 0 amide bonds. The molecule has 0 aromatic rings. The third-order valence-electron chi connectivity index (χ3n) is 1.24. The van der Waals surface area contributed by atoms with Crippen molar-refractivity contribution in [1.82, 2.24) is 0 Å². The van der Waals surface area contributed by atoms with Crippen LogP contribution in [0.15, 0.2) is 12.2 Å². The van der Waals surface area contributed by atoms with Gasteiger partial charge in [0, 0.05) is 6.42 Å². The summed E-state index contributed by atoms with van der Waals surface area (Å²) in [5.74, 6) is 8.64. The van der Waals surface area contributed by atoms with E-state index < -0.39 is 8.07 Å². The van der Waals surface area contributed by atoms with Gasteiger partial charge in [-0.3, -0.25) is 4.79 Å². The molecule has 14 heavy (non-hydrogen) atoms. The summed E-state index contributed by atoms with van der Waals surface area (Å²) in [5, 5.41) is 0. The van der Waals surface area contributed by atoms with Gasteiger partial charge in [0.25, 0.3) is 0 Å². The predicted molar refractivity (Wildman–Crippen MR) is 63.3 cm³/mol. The largest absolute Gasteiger partial charge is 0.299 e. The monoisotopic (exact) mass is 204 g/mol. The minimum Gasteiger partial charge on any atom is -0.299 e. The number of allylic oxidation sites excluding steroid dienone is 2. The van der Waals surface area contributed by atoms with E-state index in [0.29, 0.717) is 0 Å². The SMILES string of the molecule is C[Si](C)(C)C#CC#CCC/C=C/C=O. The molecule has 0 saturated carbocycles. The van der Waals surface area contributed by atoms with Gasteiger partial charge in [-0.2, -0.15) is 0 Å². The smallest absolute Gasteiger partial charge is 0.142 e. The lowest BCUT2D eigenvalue weighted by Crippen LogP contribution is -2.16. The van der Waals surface area contributed by atoms with Gasteiger partial charge in [0.1, 0.15) is 14.4 Å². The lowest BCUT2D eigenvalue weighted by atomic mass is 10.3. The van der Waals surface area contributed by atoms with Crippen molar-refractivity contribution < 1.29 is 4.79 Å². The van der Waals surface area contributed by atoms with Crippen LogP contribution in [0.25, 0.3) is 0 Å². The van der Waals surface area contributed by atoms with Gasteiger partial charge >= 0.3 is 0 Å². The van der Waals surface area contributed by atoms with Gasteiger partial charge in [0.2, 0.25) is 0 Å². The fourth-order valence-electron chi connectivity index (χ4n) is 0.633. The molecule has 0 rings (SSSR count). The first-order chi connectivity index (χ1) is 6.56. The Hall–Kier alpha value is -1.25. The third-order valence-corrected chi connectivity index (χ3v) is 2.11. The summed E-state index contributed by atoms with van der Waals surface area (Å²) in [5.41, 5.74) is 3.17. The highest BCUT2D eigenvalue weighted by atomic mass is 28.3. The normalized spacial score (nSPS) is 9.93. The number of carbonyl (C=O) groups is 1. The molecule has 0 saturated heterocycles. The van der Waals surface area contributed by atoms with Crippen LogP contribution in [0.4, 0.5) is 0 Å². The van der Waals surface area contributed by atoms with Crippen LogP contribution in [0.2, 0.25) is 19.6 Å². The van der Waals surface area contributed by atoms with Crippen LogP contribution >= 0.6 is 0 Å². The van der Waals surface area contributed by atoms with Crippen LogP contribution in [0.1, 0.15) is 12.8 Å². The van der Waals surface area contributed by atoms with Crippen LogP contribution < -0.4 is 0 Å². The molecule has 0 aromatic carbocycles. The van der Waals surface area contributed by atoms with Crippen molar-refractivity contribution in [2.75, 3.05) is 0 Å². The van der Waals surface area contributed by atoms with Gasteiger partial charge < -0.3 is 0 Å². The van der Waals surface area contributed by atoms with Crippen molar-refractivity contribution in [3.8, 4) is 23.3 Å². The Balaban J connectivity index is 3.78. The summed E-state index contributed by atoms with van der Waals surface area (Å²) < 4.78 is 0. The van der Waals surface area contributed by atoms with Gasteiger partial charge in [0.15, 0.2) is 0 Å². The highest BCUT2D eigenvalue weighted by Crippen LogP contribution is 1.95. The quantitative estimate of drug-likeness (QED) is 0.227. The molecule has 0 unspecified atom stereocenters. The second kappa shape index (κ2) is 7.18. The highest BCUT2D eigenvalue weighted by Gasteiger charge is 2.06. The number of unbranched alkanes of at least 4 members (excludes halogenated alkanes) is 1. The zero-order chi connectivity index (χ0) is 10.9. The van der Waals surface area contributed by atoms with Gasteiger partial charge in [-0.15, -0.1) is 5.54 Å². The fraction of sp³-hybridized carbons (Fsp3) is 0.417. The maximum Gasteiger partial charge on any atom is 0.142 e. The van der Waals surface area contributed by atoms with Gasteiger partial charge in [-0.1, -0.05) is 31.6 Å². The molecule has 0 fully saturated rings. The van der Waals surface area contributed by atoms with Crippen molar-refractivity contribution in [2.45, 2.75) is 32.5 Å². The van der Waals surface area contributed by atoms with Crippen LogP contribution in [0, 0.1) is 23.3 Å². The Labute approximate surface area is 87.6 Å². The lowest BCUT2D eigenvalue weighted by Gasteiger charge is -2.01. The van der Waals surface area contributed by atoms with E-state index in [4.69, 9.17) is 0 Å². The third kappa shape index (κ3) is 10.7. The fourth-order valence-corrected chi connectivity index (χ4v) is 1.07. The molecule has 2 heteroatoms. The lowest BCUT2D eigenvalue weighted by molar-refractivity contribution is -0.104. The molecule has 0 N–H and O–H groups in total. The van der Waals surface area contributed by atoms with Crippen molar-refractivity contribution in [1.29, 1.82) is 0 Å². The molecule has 0 aliphatic carbocycles. The summed E-state index contributed by atoms with van der Waals surface area (Å²) in [4.78, 5) is 9.91. The highest BCUT2D eigenvalue weighted by molar-refractivity contribution is 6.83. The second-order valence-electron chi connectivity index (χ2n) is 3.90. The Bertz CT molecular complexity index is 312. The first kappa shape index (κ1) is 12.7.